The average molecular weight is 308 g/mol. The Morgan fingerprint density at radius 1 is 1.43 bits per heavy atom. The molecule has 1 saturated heterocycles. The number of ether oxygens (including phenoxy) is 1. The van der Waals surface area contributed by atoms with Gasteiger partial charge >= 0.3 is 0 Å². The van der Waals surface area contributed by atoms with Crippen LogP contribution in [0.4, 0.5) is 5.69 Å². The SMILES string of the molecule is CCOc1cc(C)ccc1NC(=O)CSC1CCNCC1. The highest BCUT2D eigenvalue weighted by Gasteiger charge is 2.15. The van der Waals surface area contributed by atoms with E-state index in [0.29, 0.717) is 17.6 Å². The second-order valence-electron chi connectivity index (χ2n) is 5.24. The topological polar surface area (TPSA) is 50.4 Å². The molecule has 1 aliphatic rings. The first-order chi connectivity index (χ1) is 10.2. The molecule has 0 unspecified atom stereocenters. The fourth-order valence-corrected chi connectivity index (χ4v) is 3.38. The Labute approximate surface area is 131 Å². The van der Waals surface area contributed by atoms with Gasteiger partial charge in [-0.15, -0.1) is 11.8 Å². The number of nitrogens with one attached hydrogen (secondary N) is 2. The van der Waals surface area contributed by atoms with Gasteiger partial charge in [0.25, 0.3) is 0 Å². The van der Waals surface area contributed by atoms with Gasteiger partial charge in [-0.1, -0.05) is 6.07 Å². The minimum absolute atomic E-state index is 0.0448. The number of amides is 1. The number of aryl methyl sites for hydroxylation is 1. The third-order valence-electron chi connectivity index (χ3n) is 3.45. The van der Waals surface area contributed by atoms with Crippen LogP contribution in [-0.2, 0) is 4.79 Å². The Bertz CT molecular complexity index is 473. The highest BCUT2D eigenvalue weighted by molar-refractivity contribution is 8.00. The largest absolute Gasteiger partial charge is 0.492 e. The Balaban J connectivity index is 1.86. The van der Waals surface area contributed by atoms with E-state index in [9.17, 15) is 4.79 Å². The predicted molar refractivity (Wildman–Crippen MR) is 89.3 cm³/mol. The molecule has 1 aliphatic heterocycles. The van der Waals surface area contributed by atoms with E-state index >= 15 is 0 Å². The van der Waals surface area contributed by atoms with Crippen LogP contribution in [0.2, 0.25) is 0 Å². The lowest BCUT2D eigenvalue weighted by atomic mass is 10.2. The summed E-state index contributed by atoms with van der Waals surface area (Å²) in [6.07, 6.45) is 2.29. The van der Waals surface area contributed by atoms with Gasteiger partial charge in [0.2, 0.25) is 5.91 Å². The van der Waals surface area contributed by atoms with Crippen molar-refractivity contribution in [1.82, 2.24) is 5.32 Å². The Hall–Kier alpha value is -1.20. The zero-order chi connectivity index (χ0) is 15.1. The molecule has 21 heavy (non-hydrogen) atoms. The molecule has 0 aliphatic carbocycles. The number of benzene rings is 1. The molecule has 0 bridgehead atoms. The monoisotopic (exact) mass is 308 g/mol. The lowest BCUT2D eigenvalue weighted by Crippen LogP contribution is -2.30. The van der Waals surface area contributed by atoms with Crippen LogP contribution in [0.3, 0.4) is 0 Å². The van der Waals surface area contributed by atoms with E-state index < -0.39 is 0 Å². The first-order valence-electron chi connectivity index (χ1n) is 7.54. The zero-order valence-corrected chi connectivity index (χ0v) is 13.6. The molecule has 1 aromatic carbocycles. The summed E-state index contributed by atoms with van der Waals surface area (Å²) >= 11 is 1.75. The number of hydrogen-bond acceptors (Lipinski definition) is 4. The molecule has 0 saturated carbocycles. The minimum atomic E-state index is 0.0448. The second kappa shape index (κ2) is 8.29. The van der Waals surface area contributed by atoms with E-state index in [1.54, 1.807) is 11.8 Å². The number of anilines is 1. The van der Waals surface area contributed by atoms with Crippen molar-refractivity contribution < 1.29 is 9.53 Å². The maximum Gasteiger partial charge on any atom is 0.234 e. The summed E-state index contributed by atoms with van der Waals surface area (Å²) in [6, 6.07) is 5.85. The number of rotatable bonds is 6. The number of carbonyl (C=O) groups is 1. The smallest absolute Gasteiger partial charge is 0.234 e. The van der Waals surface area contributed by atoms with Gasteiger partial charge in [0.1, 0.15) is 5.75 Å². The molecule has 0 atom stereocenters. The first-order valence-corrected chi connectivity index (χ1v) is 8.59. The summed E-state index contributed by atoms with van der Waals surface area (Å²) < 4.78 is 5.58. The Kier molecular flexibility index (Phi) is 6.39. The molecule has 1 aromatic rings. The molecule has 1 heterocycles. The van der Waals surface area contributed by atoms with Gasteiger partial charge in [0.05, 0.1) is 18.0 Å². The van der Waals surface area contributed by atoms with E-state index in [1.165, 1.54) is 0 Å². The van der Waals surface area contributed by atoms with Crippen LogP contribution in [0, 0.1) is 6.92 Å². The maximum atomic E-state index is 12.1. The molecule has 0 radical (unpaired) electrons. The summed E-state index contributed by atoms with van der Waals surface area (Å²) in [7, 11) is 0. The van der Waals surface area contributed by atoms with Crippen LogP contribution in [0.5, 0.6) is 5.75 Å². The van der Waals surface area contributed by atoms with E-state index in [-0.39, 0.29) is 5.91 Å². The molecule has 2 rings (SSSR count). The summed E-state index contributed by atoms with van der Waals surface area (Å²) in [5.74, 6) is 1.30. The van der Waals surface area contributed by atoms with Gasteiger partial charge in [-0.05, 0) is 57.5 Å². The van der Waals surface area contributed by atoms with Crippen molar-refractivity contribution in [2.24, 2.45) is 0 Å². The molecule has 1 amide bonds. The first kappa shape index (κ1) is 16.2. The molecule has 0 spiro atoms. The van der Waals surface area contributed by atoms with Crippen LogP contribution in [0.15, 0.2) is 18.2 Å². The highest BCUT2D eigenvalue weighted by Crippen LogP contribution is 2.26. The predicted octanol–water partition coefficient (Wildman–Crippen LogP) is 2.82. The van der Waals surface area contributed by atoms with Crippen molar-refractivity contribution in [3.05, 3.63) is 23.8 Å². The fraction of sp³-hybridized carbons (Fsp3) is 0.562. The van der Waals surface area contributed by atoms with Crippen LogP contribution >= 0.6 is 11.8 Å². The molecular formula is C16H24N2O2S. The van der Waals surface area contributed by atoms with E-state index in [2.05, 4.69) is 10.6 Å². The van der Waals surface area contributed by atoms with E-state index in [0.717, 1.165) is 42.9 Å². The van der Waals surface area contributed by atoms with Gasteiger partial charge in [-0.2, -0.15) is 0 Å². The van der Waals surface area contributed by atoms with Crippen LogP contribution < -0.4 is 15.4 Å². The van der Waals surface area contributed by atoms with Gasteiger partial charge in [-0.25, -0.2) is 0 Å². The maximum absolute atomic E-state index is 12.1. The number of carbonyl (C=O) groups excluding carboxylic acids is 1. The standard InChI is InChI=1S/C16H24N2O2S/c1-3-20-15-10-12(2)4-5-14(15)18-16(19)11-21-13-6-8-17-9-7-13/h4-5,10,13,17H,3,6-9,11H2,1-2H3,(H,18,19). The number of hydrogen-bond donors (Lipinski definition) is 2. The van der Waals surface area contributed by atoms with Gasteiger partial charge in [0, 0.05) is 5.25 Å². The van der Waals surface area contributed by atoms with Crippen molar-refractivity contribution in [3.8, 4) is 5.75 Å². The molecule has 2 N–H and O–H groups in total. The van der Waals surface area contributed by atoms with Crippen molar-refractivity contribution in [1.29, 1.82) is 0 Å². The summed E-state index contributed by atoms with van der Waals surface area (Å²) in [6.45, 7) is 6.68. The fourth-order valence-electron chi connectivity index (χ4n) is 2.35. The summed E-state index contributed by atoms with van der Waals surface area (Å²) in [5.41, 5.74) is 1.89. The molecule has 116 valence electrons. The number of piperidine rings is 1. The zero-order valence-electron chi connectivity index (χ0n) is 12.8. The molecule has 4 nitrogen and oxygen atoms in total. The Morgan fingerprint density at radius 3 is 2.90 bits per heavy atom. The van der Waals surface area contributed by atoms with Crippen molar-refractivity contribution in [2.75, 3.05) is 30.8 Å². The van der Waals surface area contributed by atoms with Crippen LogP contribution in [0.1, 0.15) is 25.3 Å². The molecule has 1 fully saturated rings. The summed E-state index contributed by atoms with van der Waals surface area (Å²) in [5, 5.41) is 6.90. The second-order valence-corrected chi connectivity index (χ2v) is 6.53. The normalized spacial score (nSPS) is 15.7. The molecule has 0 aromatic heterocycles. The average Bonchev–Trinajstić information content (AvgIpc) is 2.49. The lowest BCUT2D eigenvalue weighted by Gasteiger charge is -2.21. The van der Waals surface area contributed by atoms with Crippen molar-refractivity contribution >= 4 is 23.4 Å². The quantitative estimate of drug-likeness (QED) is 0.848. The van der Waals surface area contributed by atoms with Gasteiger partial charge in [0.15, 0.2) is 0 Å². The number of thioether (sulfide) groups is 1. The van der Waals surface area contributed by atoms with Gasteiger partial charge < -0.3 is 15.4 Å². The van der Waals surface area contributed by atoms with Crippen LogP contribution in [-0.4, -0.2) is 36.6 Å². The Morgan fingerprint density at radius 2 is 2.19 bits per heavy atom. The molecular weight excluding hydrogens is 284 g/mol. The van der Waals surface area contributed by atoms with Gasteiger partial charge in [-0.3, -0.25) is 4.79 Å². The third kappa shape index (κ3) is 5.25. The third-order valence-corrected chi connectivity index (χ3v) is 4.82. The van der Waals surface area contributed by atoms with E-state index in [4.69, 9.17) is 4.74 Å². The van der Waals surface area contributed by atoms with Crippen molar-refractivity contribution in [2.45, 2.75) is 31.9 Å². The lowest BCUT2D eigenvalue weighted by molar-refractivity contribution is -0.113. The van der Waals surface area contributed by atoms with E-state index in [1.807, 2.05) is 32.0 Å². The summed E-state index contributed by atoms with van der Waals surface area (Å²) in [4.78, 5) is 12.1. The molecule has 5 heteroatoms. The van der Waals surface area contributed by atoms with Crippen LogP contribution in [0.25, 0.3) is 0 Å². The minimum Gasteiger partial charge on any atom is -0.492 e. The van der Waals surface area contributed by atoms with Crippen molar-refractivity contribution in [3.63, 3.8) is 0 Å². The highest BCUT2D eigenvalue weighted by atomic mass is 32.2.